The molecule has 1 saturated heterocycles. The van der Waals surface area contributed by atoms with Crippen LogP contribution in [0.3, 0.4) is 0 Å². The van der Waals surface area contributed by atoms with Gasteiger partial charge in [-0.1, -0.05) is 109 Å². The first-order valence-electron chi connectivity index (χ1n) is 14.9. The van der Waals surface area contributed by atoms with Gasteiger partial charge in [-0.15, -0.1) is 0 Å². The summed E-state index contributed by atoms with van der Waals surface area (Å²) in [6.45, 7) is -0.561. The van der Waals surface area contributed by atoms with Crippen LogP contribution >= 0.6 is 0 Å². The molecule has 46 heavy (non-hydrogen) atoms. The standard InChI is InChI=1S/C36H31N5O5/c42-22-29-30(43)36(45,35(25-15-7-2-8-16-25,26-17-9-3-10-18-26)27-19-11-4-12-20-27)33(46-29)41-23-38-28-21-37-34(39-31(28)41)40-32(44)24-13-5-1-6-14-24/h1-21,23,29-30,33,42-43,45H,22H2,(H,37,39,40,44)/t29-,30-,33-,36-/m1/s1. The molecular weight excluding hydrogens is 582 g/mol. The number of carbonyl (C=O) groups is 1. The largest absolute Gasteiger partial charge is 0.394 e. The van der Waals surface area contributed by atoms with Crippen molar-refractivity contribution in [2.75, 3.05) is 11.9 Å². The van der Waals surface area contributed by atoms with Crippen LogP contribution in [0.4, 0.5) is 5.95 Å². The van der Waals surface area contributed by atoms with Gasteiger partial charge < -0.3 is 20.1 Å². The average Bonchev–Trinajstić information content (AvgIpc) is 3.64. The van der Waals surface area contributed by atoms with E-state index in [0.717, 1.165) is 0 Å². The molecule has 10 nitrogen and oxygen atoms in total. The van der Waals surface area contributed by atoms with Crippen LogP contribution < -0.4 is 5.32 Å². The molecule has 4 atom stereocenters. The van der Waals surface area contributed by atoms with Gasteiger partial charge in [0.25, 0.3) is 5.91 Å². The molecule has 1 aliphatic heterocycles. The number of rotatable bonds is 8. The summed E-state index contributed by atoms with van der Waals surface area (Å²) in [5.74, 6) is -0.379. The first-order chi connectivity index (χ1) is 22.5. The number of aliphatic hydroxyl groups is 3. The van der Waals surface area contributed by atoms with Gasteiger partial charge in [0.15, 0.2) is 17.5 Å². The molecule has 0 radical (unpaired) electrons. The number of imidazole rings is 1. The molecule has 230 valence electrons. The maximum absolute atomic E-state index is 13.4. The van der Waals surface area contributed by atoms with E-state index in [1.807, 2.05) is 97.1 Å². The summed E-state index contributed by atoms with van der Waals surface area (Å²) >= 11 is 0. The smallest absolute Gasteiger partial charge is 0.258 e. The van der Waals surface area contributed by atoms with Gasteiger partial charge in [-0.25, -0.2) is 9.97 Å². The van der Waals surface area contributed by atoms with Gasteiger partial charge in [0.05, 0.1) is 24.5 Å². The Labute approximate surface area is 264 Å². The highest BCUT2D eigenvalue weighted by molar-refractivity contribution is 6.03. The van der Waals surface area contributed by atoms with Gasteiger partial charge in [0.1, 0.15) is 17.7 Å². The third-order valence-corrected chi connectivity index (χ3v) is 8.71. The number of aliphatic hydroxyl groups excluding tert-OH is 2. The normalized spacial score (nSPS) is 21.3. The fourth-order valence-electron chi connectivity index (χ4n) is 6.68. The molecule has 10 heteroatoms. The number of fused-ring (bicyclic) bond motifs is 1. The minimum atomic E-state index is -2.16. The van der Waals surface area contributed by atoms with E-state index < -0.39 is 42.0 Å². The third-order valence-electron chi connectivity index (χ3n) is 8.71. The number of anilines is 1. The van der Waals surface area contributed by atoms with Crippen LogP contribution in [-0.4, -0.2) is 65.2 Å². The summed E-state index contributed by atoms with van der Waals surface area (Å²) in [5, 5.41) is 38.7. The summed E-state index contributed by atoms with van der Waals surface area (Å²) in [6.07, 6.45) is -1.15. The van der Waals surface area contributed by atoms with Crippen molar-refractivity contribution in [3.05, 3.63) is 156 Å². The lowest BCUT2D eigenvalue weighted by Gasteiger charge is -2.50. The van der Waals surface area contributed by atoms with Gasteiger partial charge in [-0.05, 0) is 28.8 Å². The van der Waals surface area contributed by atoms with Crippen molar-refractivity contribution in [1.82, 2.24) is 19.5 Å². The minimum Gasteiger partial charge on any atom is -0.394 e. The third kappa shape index (κ3) is 4.58. The number of nitrogens with zero attached hydrogens (tertiary/aromatic N) is 4. The second-order valence-electron chi connectivity index (χ2n) is 11.2. The van der Waals surface area contributed by atoms with E-state index in [0.29, 0.717) is 27.8 Å². The molecule has 0 saturated carbocycles. The lowest BCUT2D eigenvalue weighted by molar-refractivity contribution is -0.136. The van der Waals surface area contributed by atoms with Crippen LogP contribution in [0.15, 0.2) is 134 Å². The molecule has 0 bridgehead atoms. The number of aromatic nitrogens is 4. The van der Waals surface area contributed by atoms with E-state index in [2.05, 4.69) is 20.3 Å². The highest BCUT2D eigenvalue weighted by Gasteiger charge is 2.68. The van der Waals surface area contributed by atoms with E-state index in [4.69, 9.17) is 4.74 Å². The first-order valence-corrected chi connectivity index (χ1v) is 14.9. The molecule has 2 aromatic heterocycles. The summed E-state index contributed by atoms with van der Waals surface area (Å²) in [6, 6.07) is 37.0. The van der Waals surface area contributed by atoms with Crippen LogP contribution in [0.1, 0.15) is 33.3 Å². The molecule has 0 spiro atoms. The van der Waals surface area contributed by atoms with Crippen LogP contribution in [0, 0.1) is 0 Å². The summed E-state index contributed by atoms with van der Waals surface area (Å²) in [5.41, 5.74) is -0.468. The van der Waals surface area contributed by atoms with E-state index in [-0.39, 0.29) is 11.6 Å². The van der Waals surface area contributed by atoms with Gasteiger partial charge >= 0.3 is 0 Å². The van der Waals surface area contributed by atoms with E-state index in [1.54, 1.807) is 24.3 Å². The second-order valence-corrected chi connectivity index (χ2v) is 11.2. The van der Waals surface area contributed by atoms with Crippen LogP contribution in [0.2, 0.25) is 0 Å². The topological polar surface area (TPSA) is 143 Å². The zero-order valence-corrected chi connectivity index (χ0v) is 24.6. The number of amides is 1. The lowest BCUT2D eigenvalue weighted by atomic mass is 9.57. The molecule has 6 aromatic rings. The number of hydrogen-bond donors (Lipinski definition) is 4. The highest BCUT2D eigenvalue weighted by atomic mass is 16.6. The molecule has 4 aromatic carbocycles. The van der Waals surface area contributed by atoms with Crippen LogP contribution in [0.5, 0.6) is 0 Å². The zero-order chi connectivity index (χ0) is 31.7. The Kier molecular flexibility index (Phi) is 7.63. The predicted molar refractivity (Wildman–Crippen MR) is 171 cm³/mol. The summed E-state index contributed by atoms with van der Waals surface area (Å²) in [7, 11) is 0. The fraction of sp³-hybridized carbons (Fsp3) is 0.167. The quantitative estimate of drug-likeness (QED) is 0.188. The molecule has 4 N–H and O–H groups in total. The zero-order valence-electron chi connectivity index (χ0n) is 24.6. The van der Waals surface area contributed by atoms with Crippen LogP contribution in [-0.2, 0) is 10.2 Å². The van der Waals surface area contributed by atoms with Crippen molar-refractivity contribution in [2.45, 2.75) is 29.5 Å². The van der Waals surface area contributed by atoms with Crippen molar-refractivity contribution in [2.24, 2.45) is 0 Å². The average molecular weight is 614 g/mol. The fourth-order valence-corrected chi connectivity index (χ4v) is 6.68. The SMILES string of the molecule is O=C(Nc1ncc2ncn([C@@H]3O[C@H](CO)[C@@H](O)[C@]3(O)C(c3ccccc3)(c3ccccc3)c3ccccc3)c2n1)c1ccccc1. The number of benzene rings is 4. The van der Waals surface area contributed by atoms with Gasteiger partial charge in [0.2, 0.25) is 5.95 Å². The number of hydrogen-bond acceptors (Lipinski definition) is 8. The van der Waals surface area contributed by atoms with E-state index in [1.165, 1.54) is 17.1 Å². The monoisotopic (exact) mass is 613 g/mol. The second kappa shape index (κ2) is 11.9. The lowest BCUT2D eigenvalue weighted by Crippen LogP contribution is -2.62. The maximum Gasteiger partial charge on any atom is 0.258 e. The maximum atomic E-state index is 13.4. The number of carbonyl (C=O) groups excluding carboxylic acids is 1. The van der Waals surface area contributed by atoms with Gasteiger partial charge in [-0.3, -0.25) is 14.7 Å². The Hall–Kier alpha value is -5.26. The van der Waals surface area contributed by atoms with Gasteiger partial charge in [-0.2, -0.15) is 4.98 Å². The minimum absolute atomic E-state index is 0.0179. The van der Waals surface area contributed by atoms with E-state index >= 15 is 0 Å². The number of ether oxygens (including phenoxy) is 1. The highest BCUT2D eigenvalue weighted by Crippen LogP contribution is 2.57. The molecule has 1 amide bonds. The summed E-state index contributed by atoms with van der Waals surface area (Å²) in [4.78, 5) is 26.3. The molecule has 3 heterocycles. The molecule has 0 aliphatic carbocycles. The van der Waals surface area contributed by atoms with Crippen LogP contribution in [0.25, 0.3) is 11.2 Å². The number of nitrogens with one attached hydrogen (secondary N) is 1. The first kappa shape index (κ1) is 29.5. The Morgan fingerprint density at radius 1 is 0.826 bits per heavy atom. The van der Waals surface area contributed by atoms with Crippen molar-refractivity contribution in [3.8, 4) is 0 Å². The molecule has 7 rings (SSSR count). The molecule has 0 unspecified atom stereocenters. The Balaban J connectivity index is 1.46. The van der Waals surface area contributed by atoms with Crippen molar-refractivity contribution >= 4 is 23.0 Å². The Morgan fingerprint density at radius 2 is 1.35 bits per heavy atom. The van der Waals surface area contributed by atoms with Crippen molar-refractivity contribution in [1.29, 1.82) is 0 Å². The molecule has 1 aliphatic rings. The van der Waals surface area contributed by atoms with Crippen molar-refractivity contribution < 1.29 is 24.9 Å². The Bertz CT molecular complexity index is 1860. The Morgan fingerprint density at radius 3 is 1.87 bits per heavy atom. The van der Waals surface area contributed by atoms with Gasteiger partial charge in [0, 0.05) is 5.56 Å². The van der Waals surface area contributed by atoms with E-state index in [9.17, 15) is 20.1 Å². The molecule has 1 fully saturated rings. The molecular formula is C36H31N5O5. The summed E-state index contributed by atoms with van der Waals surface area (Å²) < 4.78 is 7.90. The predicted octanol–water partition coefficient (Wildman–Crippen LogP) is 4.09. The van der Waals surface area contributed by atoms with Crippen molar-refractivity contribution in [3.63, 3.8) is 0 Å².